The molecule has 9 heteroatoms. The van der Waals surface area contributed by atoms with E-state index in [9.17, 15) is 4.79 Å². The molecule has 4 aromatic heterocycles. The summed E-state index contributed by atoms with van der Waals surface area (Å²) in [7, 11) is 0. The van der Waals surface area contributed by atoms with E-state index in [1.807, 2.05) is 42.9 Å². The van der Waals surface area contributed by atoms with Crippen LogP contribution >= 0.6 is 0 Å². The van der Waals surface area contributed by atoms with Crippen LogP contribution in [0.4, 0.5) is 5.69 Å². The minimum Gasteiger partial charge on any atom is -0.451 e. The summed E-state index contributed by atoms with van der Waals surface area (Å²) in [6, 6.07) is 9.27. The number of furan rings is 1. The number of ether oxygens (including phenoxy) is 1. The van der Waals surface area contributed by atoms with Gasteiger partial charge in [-0.1, -0.05) is 6.07 Å². The molecule has 1 amide bonds. The first-order valence-corrected chi connectivity index (χ1v) is 10.7. The first-order chi connectivity index (χ1) is 15.6. The molecule has 0 atom stereocenters. The number of aromatic amines is 1. The summed E-state index contributed by atoms with van der Waals surface area (Å²) < 4.78 is 13.4. The Labute approximate surface area is 184 Å². The van der Waals surface area contributed by atoms with Crippen molar-refractivity contribution in [2.45, 2.75) is 38.8 Å². The van der Waals surface area contributed by atoms with Crippen molar-refractivity contribution in [2.24, 2.45) is 0 Å². The summed E-state index contributed by atoms with van der Waals surface area (Å²) in [6.45, 7) is 4.61. The van der Waals surface area contributed by atoms with Gasteiger partial charge in [-0.05, 0) is 51.0 Å². The van der Waals surface area contributed by atoms with Crippen LogP contribution in [0, 0.1) is 6.92 Å². The van der Waals surface area contributed by atoms with Crippen molar-refractivity contribution >= 4 is 11.6 Å². The molecule has 1 saturated carbocycles. The summed E-state index contributed by atoms with van der Waals surface area (Å²) in [4.78, 5) is 17.4. The highest BCUT2D eigenvalue weighted by Crippen LogP contribution is 2.37. The Morgan fingerprint density at radius 3 is 2.91 bits per heavy atom. The second-order valence-corrected chi connectivity index (χ2v) is 7.82. The number of H-pyrrole nitrogens is 1. The van der Waals surface area contributed by atoms with E-state index < -0.39 is 0 Å². The molecule has 0 spiro atoms. The quantitative estimate of drug-likeness (QED) is 0.452. The van der Waals surface area contributed by atoms with Crippen LogP contribution in [-0.2, 0) is 4.74 Å². The van der Waals surface area contributed by atoms with Gasteiger partial charge in [-0.3, -0.25) is 19.6 Å². The topological polar surface area (TPSA) is 111 Å². The molecule has 4 aromatic rings. The van der Waals surface area contributed by atoms with Gasteiger partial charge in [0, 0.05) is 24.7 Å². The molecule has 0 saturated heterocycles. The number of nitrogens with zero attached hydrogens (tertiary/aromatic N) is 4. The minimum atomic E-state index is -0.352. The SMILES string of the molecule is CCOC1CC(n2cc(NC(=O)c3ccc(-c4cn[nH]c4C)o3)c(-c3ccccn3)n2)C1. The van der Waals surface area contributed by atoms with Gasteiger partial charge < -0.3 is 14.5 Å². The van der Waals surface area contributed by atoms with Crippen LogP contribution in [0.25, 0.3) is 22.7 Å². The molecule has 1 aliphatic carbocycles. The molecule has 1 aliphatic rings. The minimum absolute atomic E-state index is 0.209. The Kier molecular flexibility index (Phi) is 5.32. The summed E-state index contributed by atoms with van der Waals surface area (Å²) in [5.41, 5.74) is 3.59. The van der Waals surface area contributed by atoms with Crippen LogP contribution < -0.4 is 5.32 Å². The lowest BCUT2D eigenvalue weighted by atomic mass is 9.89. The van der Waals surface area contributed by atoms with Crippen molar-refractivity contribution in [3.05, 3.63) is 60.4 Å². The number of anilines is 1. The Morgan fingerprint density at radius 1 is 1.31 bits per heavy atom. The molecule has 2 N–H and O–H groups in total. The number of pyridine rings is 1. The van der Waals surface area contributed by atoms with E-state index in [1.54, 1.807) is 24.5 Å². The van der Waals surface area contributed by atoms with Crippen LogP contribution in [0.5, 0.6) is 0 Å². The molecule has 0 bridgehead atoms. The Hall–Kier alpha value is -3.72. The third-order valence-corrected chi connectivity index (χ3v) is 5.66. The molecule has 9 nitrogen and oxygen atoms in total. The summed E-state index contributed by atoms with van der Waals surface area (Å²) >= 11 is 0. The summed E-state index contributed by atoms with van der Waals surface area (Å²) in [6.07, 6.45) is 7.30. The fourth-order valence-electron chi connectivity index (χ4n) is 3.88. The van der Waals surface area contributed by atoms with Gasteiger partial charge in [0.2, 0.25) is 0 Å². The fraction of sp³-hybridized carbons (Fsp3) is 0.304. The molecular formula is C23H24N6O3. The molecule has 0 unspecified atom stereocenters. The molecule has 164 valence electrons. The van der Waals surface area contributed by atoms with Crippen LogP contribution in [0.2, 0.25) is 0 Å². The lowest BCUT2D eigenvalue weighted by Crippen LogP contribution is -2.33. The second-order valence-electron chi connectivity index (χ2n) is 7.82. The van der Waals surface area contributed by atoms with Crippen LogP contribution in [0.15, 0.2) is 53.3 Å². The predicted molar refractivity (Wildman–Crippen MR) is 118 cm³/mol. The van der Waals surface area contributed by atoms with Gasteiger partial charge >= 0.3 is 0 Å². The van der Waals surface area contributed by atoms with Gasteiger partial charge in [-0.25, -0.2) is 0 Å². The van der Waals surface area contributed by atoms with Gasteiger partial charge in [-0.2, -0.15) is 10.2 Å². The number of nitrogens with one attached hydrogen (secondary N) is 2. The van der Waals surface area contributed by atoms with Crippen molar-refractivity contribution in [3.8, 4) is 22.7 Å². The van der Waals surface area contributed by atoms with Gasteiger partial charge in [0.15, 0.2) is 5.76 Å². The monoisotopic (exact) mass is 432 g/mol. The Morgan fingerprint density at radius 2 is 2.19 bits per heavy atom. The maximum Gasteiger partial charge on any atom is 0.291 e. The highest BCUT2D eigenvalue weighted by atomic mass is 16.5. The average molecular weight is 432 g/mol. The molecule has 5 rings (SSSR count). The molecular weight excluding hydrogens is 408 g/mol. The van der Waals surface area contributed by atoms with E-state index in [1.165, 1.54) is 0 Å². The molecule has 0 radical (unpaired) electrons. The summed E-state index contributed by atoms with van der Waals surface area (Å²) in [5.74, 6) is 0.439. The third-order valence-electron chi connectivity index (χ3n) is 5.66. The zero-order chi connectivity index (χ0) is 22.1. The van der Waals surface area contributed by atoms with Crippen LogP contribution in [-0.4, -0.2) is 43.6 Å². The summed E-state index contributed by atoms with van der Waals surface area (Å²) in [5, 5.41) is 14.6. The number of carbonyl (C=O) groups excluding carboxylic acids is 1. The average Bonchev–Trinajstić information content (AvgIpc) is 3.50. The first-order valence-electron chi connectivity index (χ1n) is 10.7. The molecule has 1 fully saturated rings. The van der Waals surface area contributed by atoms with Crippen molar-refractivity contribution in [2.75, 3.05) is 11.9 Å². The van der Waals surface area contributed by atoms with E-state index in [0.29, 0.717) is 29.4 Å². The molecule has 4 heterocycles. The van der Waals surface area contributed by atoms with Crippen molar-refractivity contribution in [1.29, 1.82) is 0 Å². The molecule has 0 aliphatic heterocycles. The normalized spacial score (nSPS) is 17.8. The number of aromatic nitrogens is 5. The van der Waals surface area contributed by atoms with Crippen molar-refractivity contribution in [1.82, 2.24) is 25.0 Å². The van der Waals surface area contributed by atoms with E-state index in [0.717, 1.165) is 24.1 Å². The number of hydrogen-bond acceptors (Lipinski definition) is 6. The third kappa shape index (κ3) is 3.82. The number of carbonyl (C=O) groups is 1. The van der Waals surface area contributed by atoms with Crippen molar-refractivity contribution in [3.63, 3.8) is 0 Å². The highest BCUT2D eigenvalue weighted by molar-refractivity contribution is 6.04. The standard InChI is InChI=1S/C23H24N6O3/c1-3-31-16-10-15(11-16)29-13-19(22(28-29)18-6-4-5-9-24-18)26-23(30)21-8-7-20(32-21)17-12-25-27-14(17)2/h4-9,12-13,15-16H,3,10-11H2,1-2H3,(H,25,27)(H,26,30). The Bertz CT molecular complexity index is 1220. The van der Waals surface area contributed by atoms with E-state index in [4.69, 9.17) is 14.3 Å². The van der Waals surface area contributed by atoms with E-state index in [-0.39, 0.29) is 23.8 Å². The largest absolute Gasteiger partial charge is 0.451 e. The first kappa shape index (κ1) is 20.2. The van der Waals surface area contributed by atoms with Crippen LogP contribution in [0.1, 0.15) is 42.1 Å². The molecule has 0 aromatic carbocycles. The predicted octanol–water partition coefficient (Wildman–Crippen LogP) is 4.23. The number of hydrogen-bond donors (Lipinski definition) is 2. The Balaban J connectivity index is 1.39. The zero-order valence-corrected chi connectivity index (χ0v) is 17.9. The lowest BCUT2D eigenvalue weighted by Gasteiger charge is -2.34. The van der Waals surface area contributed by atoms with E-state index >= 15 is 0 Å². The highest BCUT2D eigenvalue weighted by Gasteiger charge is 2.32. The smallest absolute Gasteiger partial charge is 0.291 e. The van der Waals surface area contributed by atoms with Gasteiger partial charge in [-0.15, -0.1) is 0 Å². The number of aryl methyl sites for hydroxylation is 1. The maximum absolute atomic E-state index is 13.0. The van der Waals surface area contributed by atoms with Gasteiger partial charge in [0.25, 0.3) is 5.91 Å². The number of amides is 1. The van der Waals surface area contributed by atoms with Gasteiger partial charge in [0.05, 0.1) is 35.3 Å². The fourth-order valence-corrected chi connectivity index (χ4v) is 3.88. The van der Waals surface area contributed by atoms with Crippen LogP contribution in [0.3, 0.4) is 0 Å². The maximum atomic E-state index is 13.0. The zero-order valence-electron chi connectivity index (χ0n) is 17.9. The lowest BCUT2D eigenvalue weighted by molar-refractivity contribution is -0.0226. The van der Waals surface area contributed by atoms with Crippen molar-refractivity contribution < 1.29 is 13.9 Å². The second kappa shape index (κ2) is 8.43. The number of rotatable bonds is 7. The molecule has 32 heavy (non-hydrogen) atoms. The van der Waals surface area contributed by atoms with E-state index in [2.05, 4.69) is 20.5 Å². The van der Waals surface area contributed by atoms with Gasteiger partial charge in [0.1, 0.15) is 11.5 Å².